The fourth-order valence-corrected chi connectivity index (χ4v) is 3.63. The van der Waals surface area contributed by atoms with Gasteiger partial charge in [-0.1, -0.05) is 54.6 Å². The number of thioether (sulfide) groups is 1. The predicted molar refractivity (Wildman–Crippen MR) is 116 cm³/mol. The van der Waals surface area contributed by atoms with Gasteiger partial charge in [0.25, 0.3) is 0 Å². The van der Waals surface area contributed by atoms with Gasteiger partial charge in [0.1, 0.15) is 5.82 Å². The number of aromatic nitrogens is 4. The predicted octanol–water partition coefficient (Wildman–Crippen LogP) is 4.88. The first-order valence-electron chi connectivity index (χ1n) is 9.23. The molecule has 30 heavy (non-hydrogen) atoms. The molecule has 0 aliphatic rings. The average Bonchev–Trinajstić information content (AvgIpc) is 3.17. The van der Waals surface area contributed by atoms with Crippen LogP contribution >= 0.6 is 23.4 Å². The van der Waals surface area contributed by atoms with Gasteiger partial charge in [-0.05, 0) is 42.3 Å². The molecule has 1 amide bonds. The molecule has 0 saturated heterocycles. The molecule has 0 fully saturated rings. The zero-order chi connectivity index (χ0) is 21.1. The minimum atomic E-state index is -0.589. The van der Waals surface area contributed by atoms with Crippen molar-refractivity contribution >= 4 is 40.6 Å². The van der Waals surface area contributed by atoms with Crippen LogP contribution in [-0.2, 0) is 11.2 Å². The first kappa shape index (κ1) is 20.3. The molecule has 152 valence electrons. The smallest absolute Gasteiger partial charge is 0.234 e. The Bertz CT molecular complexity index is 1210. The number of hydrogen-bond acceptors (Lipinski definition) is 5. The van der Waals surface area contributed by atoms with E-state index in [1.165, 1.54) is 35.5 Å². The molecule has 0 saturated carbocycles. The van der Waals surface area contributed by atoms with Gasteiger partial charge in [-0.25, -0.2) is 4.39 Å². The zero-order valence-corrected chi connectivity index (χ0v) is 17.5. The van der Waals surface area contributed by atoms with E-state index < -0.39 is 5.82 Å². The van der Waals surface area contributed by atoms with Crippen LogP contribution in [0, 0.1) is 5.82 Å². The number of rotatable bonds is 6. The van der Waals surface area contributed by atoms with E-state index >= 15 is 0 Å². The Hall–Kier alpha value is -2.97. The Morgan fingerprint density at radius 3 is 2.67 bits per heavy atom. The van der Waals surface area contributed by atoms with Crippen LogP contribution in [-0.4, -0.2) is 31.5 Å². The largest absolute Gasteiger partial charge is 0.325 e. The van der Waals surface area contributed by atoms with Crippen molar-refractivity contribution < 1.29 is 9.18 Å². The van der Waals surface area contributed by atoms with Crippen molar-refractivity contribution in [3.63, 3.8) is 0 Å². The number of benzene rings is 2. The Kier molecular flexibility index (Phi) is 5.96. The third-order valence-electron chi connectivity index (χ3n) is 4.43. The third kappa shape index (κ3) is 4.44. The van der Waals surface area contributed by atoms with Crippen molar-refractivity contribution in [2.75, 3.05) is 11.1 Å². The number of fused-ring (bicyclic) bond motifs is 1. The van der Waals surface area contributed by atoms with Gasteiger partial charge in [0.15, 0.2) is 5.65 Å². The van der Waals surface area contributed by atoms with Gasteiger partial charge >= 0.3 is 0 Å². The number of carbonyl (C=O) groups is 1. The van der Waals surface area contributed by atoms with E-state index in [9.17, 15) is 9.18 Å². The molecule has 0 radical (unpaired) electrons. The second kappa shape index (κ2) is 8.81. The zero-order valence-electron chi connectivity index (χ0n) is 16.0. The lowest BCUT2D eigenvalue weighted by molar-refractivity contribution is -0.113. The van der Waals surface area contributed by atoms with Gasteiger partial charge in [-0.15, -0.1) is 10.2 Å². The summed E-state index contributed by atoms with van der Waals surface area (Å²) in [4.78, 5) is 12.2. The quantitative estimate of drug-likeness (QED) is 0.432. The van der Waals surface area contributed by atoms with Gasteiger partial charge in [0.05, 0.1) is 16.5 Å². The van der Waals surface area contributed by atoms with Crippen molar-refractivity contribution in [2.45, 2.75) is 18.5 Å². The minimum Gasteiger partial charge on any atom is -0.325 e. The molecule has 0 spiro atoms. The molecule has 0 aliphatic heterocycles. The Morgan fingerprint density at radius 2 is 1.93 bits per heavy atom. The highest BCUT2D eigenvalue weighted by Crippen LogP contribution is 2.22. The van der Waals surface area contributed by atoms with Crippen molar-refractivity contribution in [1.82, 2.24) is 19.8 Å². The number of carbonyl (C=O) groups excluding carboxylic acids is 1. The van der Waals surface area contributed by atoms with Crippen LogP contribution in [0.15, 0.2) is 59.8 Å². The fraction of sp³-hybridized carbons (Fsp3) is 0.143. The monoisotopic (exact) mass is 441 g/mol. The van der Waals surface area contributed by atoms with Crippen LogP contribution in [0.25, 0.3) is 16.9 Å². The van der Waals surface area contributed by atoms with E-state index in [4.69, 9.17) is 11.6 Å². The second-order valence-electron chi connectivity index (χ2n) is 6.49. The van der Waals surface area contributed by atoms with E-state index in [0.29, 0.717) is 16.5 Å². The number of anilines is 1. The summed E-state index contributed by atoms with van der Waals surface area (Å²) in [5, 5.41) is 16.0. The second-order valence-corrected chi connectivity index (χ2v) is 7.84. The molecular formula is C21H17ClFN5OS. The van der Waals surface area contributed by atoms with E-state index in [1.807, 2.05) is 24.3 Å². The molecule has 1 N–H and O–H groups in total. The summed E-state index contributed by atoms with van der Waals surface area (Å²) < 4.78 is 15.1. The van der Waals surface area contributed by atoms with Crippen LogP contribution in [0.1, 0.15) is 12.5 Å². The lowest BCUT2D eigenvalue weighted by atomic mass is 10.1. The highest BCUT2D eigenvalue weighted by atomic mass is 35.5. The molecule has 2 heterocycles. The lowest BCUT2D eigenvalue weighted by Crippen LogP contribution is -2.14. The molecule has 0 bridgehead atoms. The molecule has 9 heteroatoms. The van der Waals surface area contributed by atoms with Gasteiger partial charge in [0, 0.05) is 11.3 Å². The van der Waals surface area contributed by atoms with E-state index in [0.717, 1.165) is 17.7 Å². The maximum atomic E-state index is 13.5. The minimum absolute atomic E-state index is 0.00326. The van der Waals surface area contributed by atoms with Crippen LogP contribution < -0.4 is 5.32 Å². The number of nitrogens with zero attached hydrogens (tertiary/aromatic N) is 4. The van der Waals surface area contributed by atoms with Crippen LogP contribution in [0.3, 0.4) is 0 Å². The molecular weight excluding hydrogens is 425 g/mol. The van der Waals surface area contributed by atoms with E-state index in [1.54, 1.807) is 4.52 Å². The highest BCUT2D eigenvalue weighted by Gasteiger charge is 2.12. The van der Waals surface area contributed by atoms with Crippen molar-refractivity contribution in [2.24, 2.45) is 0 Å². The van der Waals surface area contributed by atoms with Crippen LogP contribution in [0.2, 0.25) is 5.02 Å². The summed E-state index contributed by atoms with van der Waals surface area (Å²) in [6.45, 7) is 2.11. The van der Waals surface area contributed by atoms with Crippen molar-refractivity contribution in [3.05, 3.63) is 71.0 Å². The number of halogens is 2. The van der Waals surface area contributed by atoms with Gasteiger partial charge in [-0.2, -0.15) is 9.61 Å². The van der Waals surface area contributed by atoms with E-state index in [-0.39, 0.29) is 16.7 Å². The van der Waals surface area contributed by atoms with Crippen LogP contribution in [0.4, 0.5) is 10.1 Å². The SMILES string of the molecule is CCc1ccc(-c2ccc3nnc(SCC(=O)Nc4ccc(Cl)c(F)c4)n3n2)cc1. The molecule has 6 nitrogen and oxygen atoms in total. The van der Waals surface area contributed by atoms with Gasteiger partial charge in [0.2, 0.25) is 11.1 Å². The standard InChI is InChI=1S/C21H17ClFN5OS/c1-2-13-3-5-14(6-4-13)18-9-10-19-25-26-21(28(19)27-18)30-12-20(29)24-15-7-8-16(22)17(23)11-15/h3-11H,2,12H2,1H3,(H,24,29). The summed E-state index contributed by atoms with van der Waals surface area (Å²) in [7, 11) is 0. The topological polar surface area (TPSA) is 72.2 Å². The molecule has 4 rings (SSSR count). The van der Waals surface area contributed by atoms with E-state index in [2.05, 4.69) is 39.7 Å². The Balaban J connectivity index is 1.48. The van der Waals surface area contributed by atoms with Gasteiger partial charge < -0.3 is 5.32 Å². The number of hydrogen-bond donors (Lipinski definition) is 1. The first-order valence-corrected chi connectivity index (χ1v) is 10.6. The Morgan fingerprint density at radius 1 is 1.13 bits per heavy atom. The molecule has 0 aliphatic carbocycles. The number of aryl methyl sites for hydroxylation is 1. The van der Waals surface area contributed by atoms with Gasteiger partial charge in [-0.3, -0.25) is 4.79 Å². The fourth-order valence-electron chi connectivity index (χ4n) is 2.83. The molecule has 2 aromatic carbocycles. The summed E-state index contributed by atoms with van der Waals surface area (Å²) in [6.07, 6.45) is 0.976. The third-order valence-corrected chi connectivity index (χ3v) is 5.65. The number of nitrogens with one attached hydrogen (secondary N) is 1. The maximum absolute atomic E-state index is 13.5. The lowest BCUT2D eigenvalue weighted by Gasteiger charge is -2.06. The summed E-state index contributed by atoms with van der Waals surface area (Å²) >= 11 is 6.85. The summed E-state index contributed by atoms with van der Waals surface area (Å²) in [6, 6.07) is 16.0. The Labute approximate surface area is 181 Å². The molecule has 0 atom stereocenters. The summed E-state index contributed by atoms with van der Waals surface area (Å²) in [5.74, 6) is -0.818. The molecule has 4 aromatic rings. The molecule has 0 unspecified atom stereocenters. The summed E-state index contributed by atoms with van der Waals surface area (Å²) in [5.41, 5.74) is 3.96. The average molecular weight is 442 g/mol. The number of amides is 1. The first-order chi connectivity index (χ1) is 14.5. The van der Waals surface area contributed by atoms with Crippen molar-refractivity contribution in [1.29, 1.82) is 0 Å². The van der Waals surface area contributed by atoms with Crippen LogP contribution in [0.5, 0.6) is 0 Å². The highest BCUT2D eigenvalue weighted by molar-refractivity contribution is 7.99. The normalized spacial score (nSPS) is 11.0. The maximum Gasteiger partial charge on any atom is 0.234 e. The van der Waals surface area contributed by atoms with Crippen molar-refractivity contribution in [3.8, 4) is 11.3 Å². The molecule has 2 aromatic heterocycles.